The second-order valence-corrected chi connectivity index (χ2v) is 13.7. The Balaban J connectivity index is 1.18. The maximum absolute atomic E-state index is 15.3. The van der Waals surface area contributed by atoms with Crippen LogP contribution in [0.15, 0.2) is 18.3 Å². The fraction of sp³-hybridized carbons (Fsp3) is 0.655. The predicted octanol–water partition coefficient (Wildman–Crippen LogP) is 5.11. The Labute approximate surface area is 238 Å². The van der Waals surface area contributed by atoms with Crippen LogP contribution in [0.2, 0.25) is 5.15 Å². The van der Waals surface area contributed by atoms with Gasteiger partial charge in [-0.2, -0.15) is 9.97 Å². The highest BCUT2D eigenvalue weighted by molar-refractivity contribution is 6.30. The first-order valence-corrected chi connectivity index (χ1v) is 14.7. The van der Waals surface area contributed by atoms with Crippen molar-refractivity contribution in [1.82, 2.24) is 24.8 Å². The van der Waals surface area contributed by atoms with Crippen LogP contribution in [0.5, 0.6) is 6.01 Å². The summed E-state index contributed by atoms with van der Waals surface area (Å²) in [5.41, 5.74) is 0.953. The van der Waals surface area contributed by atoms with Gasteiger partial charge >= 0.3 is 12.1 Å². The zero-order valence-corrected chi connectivity index (χ0v) is 24.1. The van der Waals surface area contributed by atoms with Crippen LogP contribution in [-0.4, -0.2) is 85.8 Å². The summed E-state index contributed by atoms with van der Waals surface area (Å²) in [4.78, 5) is 32.9. The van der Waals surface area contributed by atoms with Crippen molar-refractivity contribution >= 4 is 34.4 Å². The van der Waals surface area contributed by atoms with E-state index in [-0.39, 0.29) is 40.4 Å². The summed E-state index contributed by atoms with van der Waals surface area (Å²) in [6.45, 7) is 12.3. The number of rotatable bonds is 4. The van der Waals surface area contributed by atoms with Crippen LogP contribution in [0.4, 0.5) is 15.0 Å². The van der Waals surface area contributed by atoms with Crippen molar-refractivity contribution in [1.29, 1.82) is 0 Å². The van der Waals surface area contributed by atoms with Gasteiger partial charge in [0.1, 0.15) is 23.5 Å². The van der Waals surface area contributed by atoms with E-state index < -0.39 is 11.4 Å². The Kier molecular flexibility index (Phi) is 5.82. The summed E-state index contributed by atoms with van der Waals surface area (Å²) in [7, 11) is 0. The number of ether oxygens (including phenoxy) is 2. The quantitative estimate of drug-likeness (QED) is 0.370. The number of amides is 1. The van der Waals surface area contributed by atoms with Gasteiger partial charge in [-0.1, -0.05) is 23.8 Å². The number of pyridine rings is 1. The van der Waals surface area contributed by atoms with E-state index in [1.54, 1.807) is 0 Å². The van der Waals surface area contributed by atoms with Crippen LogP contribution in [0, 0.1) is 5.82 Å². The van der Waals surface area contributed by atoms with Gasteiger partial charge in [-0.15, -0.1) is 0 Å². The highest BCUT2D eigenvalue weighted by atomic mass is 35.5. The van der Waals surface area contributed by atoms with Crippen LogP contribution < -0.4 is 9.64 Å². The van der Waals surface area contributed by atoms with E-state index in [1.165, 1.54) is 31.0 Å². The summed E-state index contributed by atoms with van der Waals surface area (Å²) in [5, 5.41) is 0.243. The average Bonchev–Trinajstić information content (AvgIpc) is 3.44. The topological polar surface area (TPSA) is 83.9 Å². The smallest absolute Gasteiger partial charge is 0.410 e. The van der Waals surface area contributed by atoms with Gasteiger partial charge in [0.05, 0.1) is 23.0 Å². The van der Waals surface area contributed by atoms with E-state index in [9.17, 15) is 4.79 Å². The number of aromatic nitrogens is 3. The van der Waals surface area contributed by atoms with Crippen molar-refractivity contribution in [2.24, 2.45) is 0 Å². The summed E-state index contributed by atoms with van der Waals surface area (Å²) >= 11 is 6.07. The first-order chi connectivity index (χ1) is 19.0. The van der Waals surface area contributed by atoms with Gasteiger partial charge in [0.2, 0.25) is 0 Å². The van der Waals surface area contributed by atoms with Crippen LogP contribution in [0.3, 0.4) is 0 Å². The summed E-state index contributed by atoms with van der Waals surface area (Å²) in [6.07, 6.45) is 8.56. The normalized spacial score (nSPS) is 29.0. The molecule has 4 aliphatic heterocycles. The molecule has 3 atom stereocenters. The molecule has 2 bridgehead atoms. The molecule has 4 saturated heterocycles. The first kappa shape index (κ1) is 26.2. The maximum atomic E-state index is 15.3. The molecule has 214 valence electrons. The lowest BCUT2D eigenvalue weighted by atomic mass is 9.94. The summed E-state index contributed by atoms with van der Waals surface area (Å²) in [6, 6.07) is 0.0747. The van der Waals surface area contributed by atoms with Crippen molar-refractivity contribution < 1.29 is 18.7 Å². The van der Waals surface area contributed by atoms with Gasteiger partial charge in [0.15, 0.2) is 11.0 Å². The van der Waals surface area contributed by atoms with Crippen LogP contribution >= 0.6 is 11.6 Å². The fourth-order valence-corrected chi connectivity index (χ4v) is 7.70. The lowest BCUT2D eigenvalue weighted by Gasteiger charge is -2.42. The van der Waals surface area contributed by atoms with Crippen molar-refractivity contribution in [3.05, 3.63) is 29.3 Å². The third-order valence-electron chi connectivity index (χ3n) is 9.45. The molecule has 1 saturated carbocycles. The zero-order valence-electron chi connectivity index (χ0n) is 23.4. The Hall–Kier alpha value is -2.72. The number of halogens is 2. The molecule has 2 aromatic rings. The number of hydrogen-bond acceptors (Lipinski definition) is 8. The highest BCUT2D eigenvalue weighted by Gasteiger charge is 2.63. The molecule has 2 aromatic heterocycles. The molecule has 9 nitrogen and oxygen atoms in total. The third kappa shape index (κ3) is 4.21. The van der Waals surface area contributed by atoms with Crippen LogP contribution in [0.1, 0.15) is 65.7 Å². The van der Waals surface area contributed by atoms with Gasteiger partial charge in [-0.3, -0.25) is 9.80 Å². The minimum Gasteiger partial charge on any atom is -0.461 e. The van der Waals surface area contributed by atoms with Gasteiger partial charge in [0, 0.05) is 31.4 Å². The van der Waals surface area contributed by atoms with Gasteiger partial charge in [-0.25, -0.2) is 14.2 Å². The van der Waals surface area contributed by atoms with Crippen molar-refractivity contribution in [2.75, 3.05) is 31.1 Å². The average molecular weight is 571 g/mol. The molecule has 1 aliphatic carbocycles. The molecule has 1 spiro atoms. The molecular weight excluding hydrogens is 535 g/mol. The van der Waals surface area contributed by atoms with Crippen molar-refractivity contribution in [3.63, 3.8) is 0 Å². The first-order valence-electron chi connectivity index (χ1n) is 14.3. The Morgan fingerprint density at radius 3 is 2.55 bits per heavy atom. The molecule has 0 aromatic carbocycles. The number of piperazine rings is 1. The minimum atomic E-state index is -0.685. The largest absolute Gasteiger partial charge is 0.461 e. The molecule has 1 amide bonds. The van der Waals surface area contributed by atoms with Crippen molar-refractivity contribution in [3.8, 4) is 6.01 Å². The van der Waals surface area contributed by atoms with E-state index in [0.29, 0.717) is 36.4 Å². The molecule has 1 unspecified atom stereocenters. The minimum absolute atomic E-state index is 0.0294. The van der Waals surface area contributed by atoms with E-state index >= 15 is 4.39 Å². The van der Waals surface area contributed by atoms with Crippen LogP contribution in [-0.2, 0) is 4.74 Å². The maximum Gasteiger partial charge on any atom is 0.410 e. The van der Waals surface area contributed by atoms with Gasteiger partial charge in [0.25, 0.3) is 0 Å². The molecule has 7 rings (SSSR count). The van der Waals surface area contributed by atoms with Gasteiger partial charge in [-0.05, 0) is 65.7 Å². The number of hydrogen-bond donors (Lipinski definition) is 0. The van der Waals surface area contributed by atoms with Gasteiger partial charge < -0.3 is 14.4 Å². The molecule has 11 heteroatoms. The molecule has 0 N–H and O–H groups in total. The number of carbonyl (C=O) groups is 1. The Morgan fingerprint density at radius 1 is 1.18 bits per heavy atom. The van der Waals surface area contributed by atoms with E-state index in [4.69, 9.17) is 26.1 Å². The Bertz CT molecular complexity index is 1400. The van der Waals surface area contributed by atoms with Crippen LogP contribution in [0.25, 0.3) is 10.9 Å². The number of nitrogens with zero attached hydrogens (tertiary/aromatic N) is 6. The monoisotopic (exact) mass is 570 g/mol. The number of fused-ring (bicyclic) bond motifs is 5. The van der Waals surface area contributed by atoms with E-state index in [1.807, 2.05) is 25.7 Å². The lowest BCUT2D eigenvalue weighted by Crippen LogP contribution is -2.57. The predicted molar refractivity (Wildman–Crippen MR) is 149 cm³/mol. The highest BCUT2D eigenvalue weighted by Crippen LogP contribution is 2.59. The zero-order chi connectivity index (χ0) is 28.0. The fourth-order valence-electron chi connectivity index (χ4n) is 7.56. The third-order valence-corrected chi connectivity index (χ3v) is 9.71. The molecule has 0 radical (unpaired) electrons. The second-order valence-electron chi connectivity index (χ2n) is 13.4. The molecule has 5 fully saturated rings. The van der Waals surface area contributed by atoms with Crippen molar-refractivity contribution in [2.45, 2.75) is 94.5 Å². The molecular formula is C29H36ClFN6O3. The summed E-state index contributed by atoms with van der Waals surface area (Å²) < 4.78 is 27.3. The SMILES string of the molecule is C=C1CN2C3(CC3)CCC2(COc2nc(N3C[C@H]4CC[C@@H](C3)N4C(=O)OC(C)(C)C)c3cnc(Cl)c(F)c3n2)C1. The molecule has 6 heterocycles. The number of anilines is 1. The van der Waals surface area contributed by atoms with E-state index in [0.717, 1.165) is 32.2 Å². The Morgan fingerprint density at radius 2 is 1.88 bits per heavy atom. The second kappa shape index (κ2) is 8.89. The lowest BCUT2D eigenvalue weighted by molar-refractivity contribution is 0.0122. The summed E-state index contributed by atoms with van der Waals surface area (Å²) in [5.74, 6) is -0.131. The van der Waals surface area contributed by atoms with E-state index in [2.05, 4.69) is 26.3 Å². The number of carbonyl (C=O) groups excluding carboxylic acids is 1. The standard InChI is InChI=1S/C29H36ClFN6O3/c1-17-11-29(10-9-28(7-8-28)36(29)13-17)16-39-25-33-22-20(12-32-23(30)21(22)31)24(34-25)35-14-18-5-6-19(15-35)37(18)26(38)40-27(2,3)4/h12,18-19H,1,5-11,13-16H2,2-4H3/t18-,19+,29?. The molecule has 40 heavy (non-hydrogen) atoms. The molecule has 5 aliphatic rings.